The highest BCUT2D eigenvalue weighted by Crippen LogP contribution is 2.23. The summed E-state index contributed by atoms with van der Waals surface area (Å²) in [5.74, 6) is -0.223. The molecule has 4 rings (SSSR count). The maximum absolute atomic E-state index is 14.0. The van der Waals surface area contributed by atoms with Crippen molar-refractivity contribution in [1.29, 1.82) is 0 Å². The molecule has 0 saturated carbocycles. The number of nitrogens with zero attached hydrogens (tertiary/aromatic N) is 2. The van der Waals surface area contributed by atoms with Gasteiger partial charge in [-0.3, -0.25) is 0 Å². The predicted octanol–water partition coefficient (Wildman–Crippen LogP) is 4.45. The number of hydrogen-bond donors (Lipinski definition) is 1. The van der Waals surface area contributed by atoms with Crippen molar-refractivity contribution in [3.8, 4) is 0 Å². The number of benzene rings is 3. The molecule has 1 aliphatic rings. The standard InChI is InChI=1S/C24H24FN3O/c25-21-13-7-8-14-22(21)27-15-17-28(18-16-27)24(29)26-23(19-9-3-1-4-10-19)20-11-5-2-6-12-20/h1-14,23H,15-18H2,(H,26,29). The summed E-state index contributed by atoms with van der Waals surface area (Å²) in [6.07, 6.45) is 0. The average Bonchev–Trinajstić information content (AvgIpc) is 2.79. The molecule has 0 aliphatic carbocycles. The molecule has 1 heterocycles. The molecule has 0 bridgehead atoms. The number of carbonyl (C=O) groups is 1. The second-order valence-corrected chi connectivity index (χ2v) is 7.13. The van der Waals surface area contributed by atoms with Crippen LogP contribution in [0.3, 0.4) is 0 Å². The van der Waals surface area contributed by atoms with E-state index in [2.05, 4.69) is 5.32 Å². The van der Waals surface area contributed by atoms with Crippen molar-refractivity contribution >= 4 is 11.7 Å². The lowest BCUT2D eigenvalue weighted by molar-refractivity contribution is 0.192. The van der Waals surface area contributed by atoms with Crippen molar-refractivity contribution < 1.29 is 9.18 Å². The summed E-state index contributed by atoms with van der Waals surface area (Å²) >= 11 is 0. The van der Waals surface area contributed by atoms with Crippen LogP contribution in [0, 0.1) is 5.82 Å². The summed E-state index contributed by atoms with van der Waals surface area (Å²) in [6.45, 7) is 2.32. The van der Waals surface area contributed by atoms with Gasteiger partial charge in [-0.05, 0) is 23.3 Å². The van der Waals surface area contributed by atoms with Crippen molar-refractivity contribution in [2.75, 3.05) is 31.1 Å². The molecule has 5 heteroatoms. The van der Waals surface area contributed by atoms with Gasteiger partial charge in [-0.15, -0.1) is 0 Å². The molecule has 0 radical (unpaired) electrons. The van der Waals surface area contributed by atoms with Gasteiger partial charge >= 0.3 is 6.03 Å². The lowest BCUT2D eigenvalue weighted by Gasteiger charge is -2.37. The smallest absolute Gasteiger partial charge is 0.318 e. The minimum absolute atomic E-state index is 0.101. The average molecular weight is 389 g/mol. The van der Waals surface area contributed by atoms with Crippen LogP contribution in [0.5, 0.6) is 0 Å². The Hall–Kier alpha value is -3.34. The molecular formula is C24H24FN3O. The zero-order valence-corrected chi connectivity index (χ0v) is 16.2. The Labute approximate surface area is 170 Å². The van der Waals surface area contributed by atoms with E-state index >= 15 is 0 Å². The van der Waals surface area contributed by atoms with Crippen LogP contribution in [0.1, 0.15) is 17.2 Å². The van der Waals surface area contributed by atoms with Gasteiger partial charge in [0.25, 0.3) is 0 Å². The first kappa shape index (κ1) is 19.0. The van der Waals surface area contributed by atoms with Crippen LogP contribution in [-0.2, 0) is 0 Å². The third-order valence-corrected chi connectivity index (χ3v) is 5.29. The second kappa shape index (κ2) is 8.78. The summed E-state index contributed by atoms with van der Waals surface area (Å²) in [4.78, 5) is 16.8. The Morgan fingerprint density at radius 1 is 0.759 bits per heavy atom. The minimum atomic E-state index is -0.223. The Morgan fingerprint density at radius 3 is 1.83 bits per heavy atom. The molecule has 3 aromatic rings. The first-order valence-corrected chi connectivity index (χ1v) is 9.87. The molecule has 0 spiro atoms. The van der Waals surface area contributed by atoms with E-state index in [9.17, 15) is 9.18 Å². The van der Waals surface area contributed by atoms with Crippen LogP contribution < -0.4 is 10.2 Å². The van der Waals surface area contributed by atoms with Gasteiger partial charge in [0.15, 0.2) is 0 Å². The molecule has 1 N–H and O–H groups in total. The zero-order valence-electron chi connectivity index (χ0n) is 16.2. The van der Waals surface area contributed by atoms with Crippen molar-refractivity contribution in [3.05, 3.63) is 102 Å². The Morgan fingerprint density at radius 2 is 1.28 bits per heavy atom. The maximum atomic E-state index is 14.0. The third-order valence-electron chi connectivity index (χ3n) is 5.29. The number of para-hydroxylation sites is 1. The second-order valence-electron chi connectivity index (χ2n) is 7.13. The van der Waals surface area contributed by atoms with Gasteiger partial charge < -0.3 is 15.1 Å². The van der Waals surface area contributed by atoms with E-state index in [4.69, 9.17) is 0 Å². The van der Waals surface area contributed by atoms with Gasteiger partial charge in [0.05, 0.1) is 11.7 Å². The maximum Gasteiger partial charge on any atom is 0.318 e. The number of carbonyl (C=O) groups excluding carboxylic acids is 1. The van der Waals surface area contributed by atoms with Gasteiger partial charge in [0, 0.05) is 26.2 Å². The fourth-order valence-electron chi connectivity index (χ4n) is 3.72. The van der Waals surface area contributed by atoms with E-state index in [0.717, 1.165) is 11.1 Å². The first-order valence-electron chi connectivity index (χ1n) is 9.87. The van der Waals surface area contributed by atoms with Crippen LogP contribution in [0.4, 0.5) is 14.9 Å². The van der Waals surface area contributed by atoms with Gasteiger partial charge in [0.1, 0.15) is 5.82 Å². The van der Waals surface area contributed by atoms with E-state index < -0.39 is 0 Å². The number of nitrogens with one attached hydrogen (secondary N) is 1. The fraction of sp³-hybridized carbons (Fsp3) is 0.208. The Balaban J connectivity index is 1.44. The Bertz CT molecular complexity index is 901. The molecule has 2 amide bonds. The van der Waals surface area contributed by atoms with E-state index in [1.165, 1.54) is 6.07 Å². The van der Waals surface area contributed by atoms with Crippen LogP contribution in [-0.4, -0.2) is 37.1 Å². The highest BCUT2D eigenvalue weighted by molar-refractivity contribution is 5.75. The quantitative estimate of drug-likeness (QED) is 0.716. The summed E-state index contributed by atoms with van der Waals surface area (Å²) in [5, 5.41) is 3.18. The molecule has 148 valence electrons. The molecule has 1 aliphatic heterocycles. The number of hydrogen-bond acceptors (Lipinski definition) is 2. The number of halogens is 1. The van der Waals surface area contributed by atoms with Crippen molar-refractivity contribution in [2.45, 2.75) is 6.04 Å². The van der Waals surface area contributed by atoms with E-state index in [1.807, 2.05) is 71.6 Å². The van der Waals surface area contributed by atoms with Gasteiger partial charge in [0.2, 0.25) is 0 Å². The number of amides is 2. The fourth-order valence-corrected chi connectivity index (χ4v) is 3.72. The molecule has 0 aromatic heterocycles. The van der Waals surface area contributed by atoms with Crippen molar-refractivity contribution in [3.63, 3.8) is 0 Å². The van der Waals surface area contributed by atoms with Crippen molar-refractivity contribution in [2.24, 2.45) is 0 Å². The third kappa shape index (κ3) is 4.40. The van der Waals surface area contributed by atoms with Gasteiger partial charge in [-0.1, -0.05) is 72.8 Å². The molecule has 0 atom stereocenters. The normalized spacial score (nSPS) is 14.1. The minimum Gasteiger partial charge on any atom is -0.366 e. The van der Waals surface area contributed by atoms with E-state index in [0.29, 0.717) is 31.9 Å². The SMILES string of the molecule is O=C(NC(c1ccccc1)c1ccccc1)N1CCN(c2ccccc2F)CC1. The van der Waals surface area contributed by atoms with E-state index in [1.54, 1.807) is 17.0 Å². The molecule has 1 fully saturated rings. The number of piperazine rings is 1. The van der Waals surface area contributed by atoms with E-state index in [-0.39, 0.29) is 17.9 Å². The Kier molecular flexibility index (Phi) is 5.75. The van der Waals surface area contributed by atoms with Crippen LogP contribution in [0.15, 0.2) is 84.9 Å². The number of urea groups is 1. The first-order chi connectivity index (χ1) is 14.2. The number of rotatable bonds is 4. The summed E-state index contributed by atoms with van der Waals surface area (Å²) in [5.41, 5.74) is 2.67. The zero-order chi connectivity index (χ0) is 20.1. The lowest BCUT2D eigenvalue weighted by atomic mass is 9.99. The summed E-state index contributed by atoms with van der Waals surface area (Å²) in [6, 6.07) is 26.4. The molecule has 4 nitrogen and oxygen atoms in total. The molecule has 29 heavy (non-hydrogen) atoms. The highest BCUT2D eigenvalue weighted by Gasteiger charge is 2.25. The van der Waals surface area contributed by atoms with Crippen LogP contribution in [0.25, 0.3) is 0 Å². The number of anilines is 1. The van der Waals surface area contributed by atoms with Crippen molar-refractivity contribution in [1.82, 2.24) is 10.2 Å². The molecule has 0 unspecified atom stereocenters. The molecule has 3 aromatic carbocycles. The highest BCUT2D eigenvalue weighted by atomic mass is 19.1. The largest absolute Gasteiger partial charge is 0.366 e. The lowest BCUT2D eigenvalue weighted by Crippen LogP contribution is -2.52. The van der Waals surface area contributed by atoms with Crippen LogP contribution in [0.2, 0.25) is 0 Å². The monoisotopic (exact) mass is 389 g/mol. The van der Waals surface area contributed by atoms with Gasteiger partial charge in [-0.2, -0.15) is 0 Å². The van der Waals surface area contributed by atoms with Crippen LogP contribution >= 0.6 is 0 Å². The topological polar surface area (TPSA) is 35.6 Å². The predicted molar refractivity (Wildman–Crippen MR) is 113 cm³/mol. The molecule has 1 saturated heterocycles. The summed E-state index contributed by atoms with van der Waals surface area (Å²) < 4.78 is 14.0. The van der Waals surface area contributed by atoms with Gasteiger partial charge in [-0.25, -0.2) is 9.18 Å². The molecular weight excluding hydrogens is 365 g/mol. The summed E-state index contributed by atoms with van der Waals surface area (Å²) in [7, 11) is 0.